The van der Waals surface area contributed by atoms with E-state index in [0.717, 1.165) is 10.0 Å². The summed E-state index contributed by atoms with van der Waals surface area (Å²) in [5.41, 5.74) is 14.0. The number of hydrogen-bond donors (Lipinski definition) is 3. The first-order chi connectivity index (χ1) is 13.3. The van der Waals surface area contributed by atoms with Crippen molar-refractivity contribution >= 4 is 33.6 Å². The molecular weight excluding hydrogens is 422 g/mol. The number of amides is 2. The van der Waals surface area contributed by atoms with E-state index in [2.05, 4.69) is 31.2 Å². The van der Waals surface area contributed by atoms with Crippen molar-refractivity contribution in [2.24, 2.45) is 5.73 Å². The van der Waals surface area contributed by atoms with Gasteiger partial charge in [0.1, 0.15) is 0 Å². The minimum absolute atomic E-state index is 0.0170. The molecule has 0 saturated heterocycles. The van der Waals surface area contributed by atoms with Gasteiger partial charge in [-0.25, -0.2) is 9.97 Å². The molecule has 3 aromatic rings. The number of nitrogens with two attached hydrogens (primary N) is 2. The predicted molar refractivity (Wildman–Crippen MR) is 110 cm³/mol. The number of carbonyl (C=O) groups is 2. The molecule has 0 fully saturated rings. The van der Waals surface area contributed by atoms with Gasteiger partial charge in [0.25, 0.3) is 11.8 Å². The molecule has 1 heterocycles. The Balaban J connectivity index is 1.85. The average Bonchev–Trinajstić information content (AvgIpc) is 2.66. The lowest BCUT2D eigenvalue weighted by Gasteiger charge is -2.10. The van der Waals surface area contributed by atoms with E-state index >= 15 is 0 Å². The fourth-order valence-electron chi connectivity index (χ4n) is 2.73. The van der Waals surface area contributed by atoms with Crippen LogP contribution >= 0.6 is 15.9 Å². The van der Waals surface area contributed by atoms with Crippen molar-refractivity contribution < 1.29 is 9.59 Å². The highest BCUT2D eigenvalue weighted by atomic mass is 79.9. The number of halogens is 1. The van der Waals surface area contributed by atoms with E-state index < -0.39 is 5.91 Å². The topological polar surface area (TPSA) is 124 Å². The normalized spacial score (nSPS) is 10.5. The van der Waals surface area contributed by atoms with Crippen molar-refractivity contribution in [3.05, 3.63) is 75.5 Å². The van der Waals surface area contributed by atoms with E-state index in [1.54, 1.807) is 31.2 Å². The van der Waals surface area contributed by atoms with Crippen molar-refractivity contribution in [1.29, 1.82) is 0 Å². The molecule has 0 aliphatic heterocycles. The molecule has 0 saturated carbocycles. The molecule has 0 aliphatic rings. The number of nitrogen functional groups attached to an aromatic ring is 1. The Kier molecular flexibility index (Phi) is 5.70. The van der Waals surface area contributed by atoms with Gasteiger partial charge in [-0.1, -0.05) is 40.2 Å². The molecule has 0 atom stereocenters. The lowest BCUT2D eigenvalue weighted by Crippen LogP contribution is -2.22. The minimum atomic E-state index is -0.755. The molecule has 1 aromatic heterocycles. The molecule has 2 aromatic carbocycles. The zero-order chi connectivity index (χ0) is 20.3. The molecule has 8 heteroatoms. The Morgan fingerprint density at radius 3 is 2.57 bits per heavy atom. The molecule has 0 radical (unpaired) electrons. The van der Waals surface area contributed by atoms with E-state index in [0.29, 0.717) is 29.1 Å². The first kappa shape index (κ1) is 19.5. The van der Waals surface area contributed by atoms with Gasteiger partial charge in [-0.3, -0.25) is 9.59 Å². The van der Waals surface area contributed by atoms with E-state index in [1.165, 1.54) is 0 Å². The second-order valence-electron chi connectivity index (χ2n) is 6.15. The minimum Gasteiger partial charge on any atom is -0.382 e. The lowest BCUT2D eigenvalue weighted by molar-refractivity contribution is 0.0949. The first-order valence-corrected chi connectivity index (χ1v) is 9.21. The number of nitrogens with zero attached hydrogens (tertiary/aromatic N) is 2. The van der Waals surface area contributed by atoms with E-state index in [1.807, 2.05) is 24.3 Å². The number of aromatic nitrogens is 2. The van der Waals surface area contributed by atoms with Crippen LogP contribution in [0.2, 0.25) is 0 Å². The molecule has 2 amide bonds. The zero-order valence-electron chi connectivity index (χ0n) is 15.1. The largest absolute Gasteiger partial charge is 0.382 e. The number of primary amides is 1. The summed E-state index contributed by atoms with van der Waals surface area (Å²) in [4.78, 5) is 32.4. The number of anilines is 1. The molecule has 0 bridgehead atoms. The molecule has 7 nitrogen and oxygen atoms in total. The fourth-order valence-corrected chi connectivity index (χ4v) is 3.18. The van der Waals surface area contributed by atoms with Crippen molar-refractivity contribution in [2.75, 3.05) is 5.73 Å². The highest BCUT2D eigenvalue weighted by molar-refractivity contribution is 9.10. The van der Waals surface area contributed by atoms with E-state index in [9.17, 15) is 9.59 Å². The Hall–Kier alpha value is -3.26. The Bertz CT molecular complexity index is 1070. The SMILES string of the molecule is Cc1nc(N)c(C(N)=O)nc1-c1cccc(C(=O)NCc2cccc(Br)c2)c1. The fraction of sp³-hybridized carbons (Fsp3) is 0.100. The molecule has 5 N–H and O–H groups in total. The highest BCUT2D eigenvalue weighted by Gasteiger charge is 2.16. The Morgan fingerprint density at radius 1 is 1.11 bits per heavy atom. The zero-order valence-corrected chi connectivity index (χ0v) is 16.7. The van der Waals surface area contributed by atoms with Crippen molar-refractivity contribution in [3.8, 4) is 11.3 Å². The van der Waals surface area contributed by atoms with Gasteiger partial charge in [0.2, 0.25) is 0 Å². The maximum Gasteiger partial charge on any atom is 0.271 e. The van der Waals surface area contributed by atoms with E-state index in [-0.39, 0.29) is 17.4 Å². The first-order valence-electron chi connectivity index (χ1n) is 8.42. The highest BCUT2D eigenvalue weighted by Crippen LogP contribution is 2.23. The van der Waals surface area contributed by atoms with Crippen LogP contribution in [-0.4, -0.2) is 21.8 Å². The lowest BCUT2D eigenvalue weighted by atomic mass is 10.1. The van der Waals surface area contributed by atoms with Crippen LogP contribution in [0.15, 0.2) is 53.0 Å². The summed E-state index contributed by atoms with van der Waals surface area (Å²) < 4.78 is 0.948. The van der Waals surface area contributed by atoms with Crippen LogP contribution in [0.4, 0.5) is 5.82 Å². The van der Waals surface area contributed by atoms with Crippen LogP contribution in [0.1, 0.15) is 32.1 Å². The van der Waals surface area contributed by atoms with Gasteiger partial charge in [0, 0.05) is 22.1 Å². The van der Waals surface area contributed by atoms with Crippen LogP contribution in [0.3, 0.4) is 0 Å². The summed E-state index contributed by atoms with van der Waals surface area (Å²) >= 11 is 3.41. The number of benzene rings is 2. The van der Waals surface area contributed by atoms with Crippen LogP contribution < -0.4 is 16.8 Å². The van der Waals surface area contributed by atoms with Gasteiger partial charge in [-0.15, -0.1) is 0 Å². The summed E-state index contributed by atoms with van der Waals surface area (Å²) in [6.45, 7) is 2.12. The van der Waals surface area contributed by atoms with Gasteiger partial charge in [0.05, 0.1) is 11.4 Å². The summed E-state index contributed by atoms with van der Waals surface area (Å²) in [5, 5.41) is 2.88. The van der Waals surface area contributed by atoms with Crippen LogP contribution in [0.25, 0.3) is 11.3 Å². The molecular formula is C20H18BrN5O2. The quantitative estimate of drug-likeness (QED) is 0.563. The molecule has 0 aliphatic carbocycles. The third kappa shape index (κ3) is 4.34. The standard InChI is InChI=1S/C20H18BrN5O2/c1-11-16(26-17(19(23)27)18(22)25-11)13-5-3-6-14(9-13)20(28)24-10-12-4-2-7-15(21)8-12/h2-9H,10H2,1H3,(H2,22,25)(H2,23,27)(H,24,28). The number of rotatable bonds is 5. The summed E-state index contributed by atoms with van der Waals surface area (Å²) in [6, 6.07) is 14.6. The second kappa shape index (κ2) is 8.18. The molecule has 3 rings (SSSR count). The van der Waals surface area contributed by atoms with Crippen molar-refractivity contribution in [3.63, 3.8) is 0 Å². The Labute approximate surface area is 170 Å². The number of hydrogen-bond acceptors (Lipinski definition) is 5. The van der Waals surface area contributed by atoms with Gasteiger partial charge >= 0.3 is 0 Å². The second-order valence-corrected chi connectivity index (χ2v) is 7.06. The van der Waals surface area contributed by atoms with Crippen LogP contribution in [0.5, 0.6) is 0 Å². The van der Waals surface area contributed by atoms with Gasteiger partial charge in [-0.05, 0) is 36.8 Å². The van der Waals surface area contributed by atoms with Gasteiger partial charge < -0.3 is 16.8 Å². The molecule has 142 valence electrons. The third-order valence-electron chi connectivity index (χ3n) is 4.07. The third-order valence-corrected chi connectivity index (χ3v) is 4.56. The average molecular weight is 440 g/mol. The summed E-state index contributed by atoms with van der Waals surface area (Å²) in [7, 11) is 0. The number of nitrogens with one attached hydrogen (secondary N) is 1. The number of aryl methyl sites for hydroxylation is 1. The molecule has 28 heavy (non-hydrogen) atoms. The van der Waals surface area contributed by atoms with Crippen molar-refractivity contribution in [1.82, 2.24) is 15.3 Å². The van der Waals surface area contributed by atoms with Gasteiger partial charge in [-0.2, -0.15) is 0 Å². The maximum atomic E-state index is 12.5. The smallest absolute Gasteiger partial charge is 0.271 e. The molecule has 0 unspecified atom stereocenters. The monoisotopic (exact) mass is 439 g/mol. The maximum absolute atomic E-state index is 12.5. The van der Waals surface area contributed by atoms with Crippen LogP contribution in [-0.2, 0) is 6.54 Å². The Morgan fingerprint density at radius 2 is 1.86 bits per heavy atom. The number of carbonyl (C=O) groups excluding carboxylic acids is 2. The van der Waals surface area contributed by atoms with Gasteiger partial charge in [0.15, 0.2) is 11.5 Å². The summed E-state index contributed by atoms with van der Waals surface area (Å²) in [6.07, 6.45) is 0. The predicted octanol–water partition coefficient (Wildman–Crippen LogP) is 2.83. The van der Waals surface area contributed by atoms with Crippen LogP contribution in [0, 0.1) is 6.92 Å². The summed E-state index contributed by atoms with van der Waals surface area (Å²) in [5.74, 6) is -0.996. The van der Waals surface area contributed by atoms with Crippen molar-refractivity contribution in [2.45, 2.75) is 13.5 Å². The van der Waals surface area contributed by atoms with E-state index in [4.69, 9.17) is 11.5 Å². The molecule has 0 spiro atoms.